The minimum absolute atomic E-state index is 0.492. The van der Waals surface area contributed by atoms with Crippen molar-refractivity contribution >= 4 is 99.4 Å². The summed E-state index contributed by atoms with van der Waals surface area (Å²) in [5, 5.41) is 5.16. The second-order valence-electron chi connectivity index (χ2n) is 39.4. The lowest BCUT2D eigenvalue weighted by Crippen LogP contribution is -2.17. The molecule has 4 aromatic rings. The maximum Gasteiger partial charge on any atom is 0.208 e. The zero-order chi connectivity index (χ0) is 90.3. The van der Waals surface area contributed by atoms with Gasteiger partial charge >= 0.3 is 0 Å². The first-order chi connectivity index (χ1) is 62.1. The highest BCUT2D eigenvalue weighted by Gasteiger charge is 2.34. The van der Waals surface area contributed by atoms with Gasteiger partial charge in [0, 0.05) is 36.4 Å². The van der Waals surface area contributed by atoms with Crippen molar-refractivity contribution < 1.29 is 27.3 Å². The van der Waals surface area contributed by atoms with E-state index in [1.54, 1.807) is 0 Å². The summed E-state index contributed by atoms with van der Waals surface area (Å²) in [6, 6.07) is 12.7. The number of fused-ring (bicyclic) bond motifs is 6. The average Bonchev–Trinajstić information content (AvgIpc) is 0.717. The maximum absolute atomic E-state index is 15.6. The normalized spacial score (nSPS) is 13.5. The molecule has 0 spiro atoms. The molecule has 0 aliphatic rings. The quantitative estimate of drug-likeness (QED) is 0.0245. The molecule has 0 saturated heterocycles. The number of benzene rings is 4. The van der Waals surface area contributed by atoms with Crippen LogP contribution in [0.1, 0.15) is 581 Å². The molecule has 732 valence electrons. The fourth-order valence-corrected chi connectivity index (χ4v) is 28.3. The van der Waals surface area contributed by atoms with Crippen molar-refractivity contribution in [1.29, 1.82) is 0 Å². The van der Waals surface area contributed by atoms with Crippen LogP contribution in [0, 0.1) is 0 Å². The van der Waals surface area contributed by atoms with Crippen LogP contribution >= 0.6 is 0 Å². The lowest BCUT2D eigenvalue weighted by Gasteiger charge is -2.22. The van der Waals surface area contributed by atoms with Crippen LogP contribution < -0.4 is 0 Å². The molecule has 6 nitrogen and oxygen atoms in total. The molecule has 6 unspecified atom stereocenters. The summed E-state index contributed by atoms with van der Waals surface area (Å²) in [5.41, 5.74) is 0. The summed E-state index contributed by atoms with van der Waals surface area (Å²) in [6.07, 6.45) is 105. The van der Waals surface area contributed by atoms with E-state index in [0.29, 0.717) is 63.9 Å². The first-order valence-corrected chi connectivity index (χ1v) is 63.8. The Morgan fingerprint density at radius 1 is 0.119 bits per heavy atom. The van der Waals surface area contributed by atoms with E-state index in [4.69, 9.17) is 0 Å². The highest BCUT2D eigenvalue weighted by atomic mass is 32.2. The number of hydrogen-bond acceptors (Lipinski definition) is 6. The Labute approximate surface area is 801 Å². The molecule has 0 aromatic heterocycles. The Morgan fingerprint density at radius 3 is 0.270 bits per heavy atom. The SMILES string of the molecule is CCCCCCCCCCCCCCCC[S+]([O-])c1cc2c3cc([S+]([O-])CCCCCCCCCCCCCCCC)c([S+]([O-])CCCCCCCCCCCCCCCC)cc3c3cc([S+]([O-])CCCCCCCCCCCCCCCC)c([S+]([O-])CCCCCCCCCCCCCCCC)cc3c2cc1[S+]([O-])CCCCCCCCCCCCCCCC. The molecule has 0 radical (unpaired) electrons. The maximum atomic E-state index is 15.6. The topological polar surface area (TPSA) is 138 Å². The molecule has 126 heavy (non-hydrogen) atoms. The minimum Gasteiger partial charge on any atom is -0.611 e. The fraction of sp³-hybridized carbons (Fsp3) is 0.842. The third-order valence-electron chi connectivity index (χ3n) is 27.7. The van der Waals surface area contributed by atoms with Gasteiger partial charge in [0.2, 0.25) is 29.4 Å². The van der Waals surface area contributed by atoms with E-state index in [1.165, 1.54) is 424 Å². The molecule has 4 rings (SSSR count). The van der Waals surface area contributed by atoms with Gasteiger partial charge in [-0.1, -0.05) is 504 Å². The van der Waals surface area contributed by atoms with E-state index in [-0.39, 0.29) is 0 Å². The van der Waals surface area contributed by atoms with Gasteiger partial charge in [-0.25, -0.2) is 0 Å². The van der Waals surface area contributed by atoms with Gasteiger partial charge in [0.25, 0.3) is 0 Å². The van der Waals surface area contributed by atoms with Crippen molar-refractivity contribution in [2.75, 3.05) is 34.5 Å². The lowest BCUT2D eigenvalue weighted by molar-refractivity contribution is 0.536. The molecule has 12 heteroatoms. The van der Waals surface area contributed by atoms with Crippen LogP contribution in [-0.4, -0.2) is 61.8 Å². The second kappa shape index (κ2) is 85.0. The van der Waals surface area contributed by atoms with Gasteiger partial charge in [-0.15, -0.1) is 0 Å². The minimum atomic E-state index is -1.47. The molecule has 6 atom stereocenters. The van der Waals surface area contributed by atoms with Gasteiger partial charge in [0.1, 0.15) is 34.5 Å². The van der Waals surface area contributed by atoms with Gasteiger partial charge in [-0.3, -0.25) is 0 Å². The van der Waals surface area contributed by atoms with Gasteiger partial charge in [0.15, 0.2) is 0 Å². The fourth-order valence-electron chi connectivity index (χ4n) is 19.3. The predicted octanol–water partition coefficient (Wildman–Crippen LogP) is 38.7. The van der Waals surface area contributed by atoms with Crippen LogP contribution in [0.3, 0.4) is 0 Å². The van der Waals surface area contributed by atoms with Gasteiger partial charge in [-0.2, -0.15) is 0 Å². The Hall–Kier alpha value is -0.480. The van der Waals surface area contributed by atoms with Crippen LogP contribution in [0.15, 0.2) is 65.8 Å². The van der Waals surface area contributed by atoms with E-state index in [1.807, 2.05) is 0 Å². The van der Waals surface area contributed by atoms with Gasteiger partial charge in [-0.05, 0) is 176 Å². The molecule has 4 aromatic carbocycles. The van der Waals surface area contributed by atoms with Crippen LogP contribution in [0.2, 0.25) is 0 Å². The number of unbranched alkanes of at least 4 members (excludes halogenated alkanes) is 78. The highest BCUT2D eigenvalue weighted by Crippen LogP contribution is 2.45. The summed E-state index contributed by atoms with van der Waals surface area (Å²) >= 11 is -8.80. The van der Waals surface area contributed by atoms with Crippen molar-refractivity contribution in [1.82, 2.24) is 0 Å². The Balaban J connectivity index is 1.86. The standard InChI is InChI=1S/C114H204O6S6/c1-7-13-19-25-31-37-43-49-55-61-67-73-79-85-91-121(115)109-97-103-104(98-110(109)122(116)92-86-80-74-68-62-56-50-44-38-32-26-20-14-8-2)106-100-112(124(118)94-88-82-76-70-64-58-52-46-40-34-28-22-16-10-4)114(126(120)96-90-84-78-72-66-60-54-48-42-36-30-24-18-12-6)102-108(106)107-101-113(125(119)95-89-83-77-71-65-59-53-47-41-35-29-23-17-11-5)111(99-105(103)107)123(117)93-87-81-75-69-63-57-51-45-39-33-27-21-15-9-3/h97-102H,7-96H2,1-6H3. The molecule has 0 fully saturated rings. The number of hydrogen-bond donors (Lipinski definition) is 0. The second-order valence-corrected chi connectivity index (χ2v) is 48.6. The molecule has 0 heterocycles. The average molecular weight is 1860 g/mol. The van der Waals surface area contributed by atoms with E-state index >= 15 is 27.3 Å². The first kappa shape index (κ1) is 118. The third-order valence-corrected chi connectivity index (χ3v) is 37.0. The molecule has 0 N–H and O–H groups in total. The van der Waals surface area contributed by atoms with Gasteiger partial charge < -0.3 is 27.3 Å². The Kier molecular flexibility index (Phi) is 79.5. The van der Waals surface area contributed by atoms with E-state index in [0.717, 1.165) is 148 Å². The molecule has 0 saturated carbocycles. The molecule has 0 bridgehead atoms. The summed E-state index contributed by atoms with van der Waals surface area (Å²) in [7, 11) is 0. The summed E-state index contributed by atoms with van der Waals surface area (Å²) < 4.78 is 93.8. The van der Waals surface area contributed by atoms with Crippen LogP contribution in [0.4, 0.5) is 0 Å². The van der Waals surface area contributed by atoms with E-state index in [9.17, 15) is 0 Å². The Morgan fingerprint density at radius 2 is 0.190 bits per heavy atom. The monoisotopic (exact) mass is 1860 g/mol. The Bertz CT molecular complexity index is 2530. The zero-order valence-corrected chi connectivity index (χ0v) is 88.9. The third kappa shape index (κ3) is 57.5. The van der Waals surface area contributed by atoms with Crippen LogP contribution in [0.25, 0.3) is 32.3 Å². The molecular formula is C114H204O6S6. The van der Waals surface area contributed by atoms with Crippen molar-refractivity contribution in [2.24, 2.45) is 0 Å². The highest BCUT2D eigenvalue weighted by molar-refractivity contribution is 7.95. The molecule has 0 aliphatic carbocycles. The van der Waals surface area contributed by atoms with Crippen LogP contribution in [-0.2, 0) is 67.1 Å². The van der Waals surface area contributed by atoms with Gasteiger partial charge in [0.05, 0.1) is 0 Å². The van der Waals surface area contributed by atoms with Crippen molar-refractivity contribution in [3.63, 3.8) is 0 Å². The number of rotatable bonds is 96. The molecular weight excluding hydrogens is 1660 g/mol. The van der Waals surface area contributed by atoms with Crippen molar-refractivity contribution in [2.45, 2.75) is 610 Å². The molecule has 0 amide bonds. The predicted molar refractivity (Wildman–Crippen MR) is 568 cm³/mol. The summed E-state index contributed by atoms with van der Waals surface area (Å²) in [4.78, 5) is 3.86. The zero-order valence-electron chi connectivity index (χ0n) is 84.0. The van der Waals surface area contributed by atoms with E-state index < -0.39 is 67.1 Å². The summed E-state index contributed by atoms with van der Waals surface area (Å²) in [6.45, 7) is 13.8. The summed E-state index contributed by atoms with van der Waals surface area (Å²) in [5.74, 6) is 2.95. The first-order valence-electron chi connectivity index (χ1n) is 55.9. The van der Waals surface area contributed by atoms with Crippen molar-refractivity contribution in [3.8, 4) is 0 Å². The smallest absolute Gasteiger partial charge is 0.208 e. The van der Waals surface area contributed by atoms with Crippen molar-refractivity contribution in [3.05, 3.63) is 36.4 Å². The largest absolute Gasteiger partial charge is 0.611 e. The van der Waals surface area contributed by atoms with E-state index in [2.05, 4.69) is 77.9 Å². The van der Waals surface area contributed by atoms with Crippen LogP contribution in [0.5, 0.6) is 0 Å². The molecule has 0 aliphatic heterocycles. The lowest BCUT2D eigenvalue weighted by atomic mass is 9.94.